The highest BCUT2D eigenvalue weighted by Crippen LogP contribution is 2.31. The minimum absolute atomic E-state index is 0.475. The van der Waals surface area contributed by atoms with Gasteiger partial charge in [-0.3, -0.25) is 0 Å². The van der Waals surface area contributed by atoms with Gasteiger partial charge in [-0.05, 0) is 47.9 Å². The average molecular weight is 297 g/mol. The first kappa shape index (κ1) is 15.2. The zero-order chi connectivity index (χ0) is 16.1. The van der Waals surface area contributed by atoms with Crippen molar-refractivity contribution in [2.45, 2.75) is 19.8 Å². The van der Waals surface area contributed by atoms with E-state index in [1.165, 1.54) is 16.7 Å². The van der Waals surface area contributed by atoms with Gasteiger partial charge in [0.15, 0.2) is 0 Å². The predicted molar refractivity (Wildman–Crippen MR) is 98.3 cm³/mol. The summed E-state index contributed by atoms with van der Waals surface area (Å²) < 4.78 is 0. The van der Waals surface area contributed by atoms with E-state index in [0.29, 0.717) is 5.92 Å². The van der Waals surface area contributed by atoms with Gasteiger partial charge >= 0.3 is 0 Å². The van der Waals surface area contributed by atoms with Gasteiger partial charge in [-0.1, -0.05) is 50.2 Å². The van der Waals surface area contributed by atoms with Crippen molar-refractivity contribution in [3.05, 3.63) is 113 Å². The van der Waals surface area contributed by atoms with Gasteiger partial charge in [0.1, 0.15) is 11.1 Å². The molecule has 0 aliphatic rings. The Morgan fingerprint density at radius 1 is 0.696 bits per heavy atom. The molecule has 0 saturated carbocycles. The second kappa shape index (κ2) is 7.05. The normalized spacial score (nSPS) is 11.3. The smallest absolute Gasteiger partial charge is 0.0609 e. The molecule has 0 bridgehead atoms. The SMILES string of the molecule is CC(C)c1ccccc1C(=[C+]c1ccccc1)c1ccccc1. The maximum atomic E-state index is 3.62. The Labute approximate surface area is 139 Å². The predicted octanol–water partition coefficient (Wildman–Crippen LogP) is 6.09. The maximum absolute atomic E-state index is 3.62. The molecule has 0 atom stereocenters. The lowest BCUT2D eigenvalue weighted by atomic mass is 9.88. The van der Waals surface area contributed by atoms with Crippen LogP contribution in [0, 0.1) is 6.08 Å². The van der Waals surface area contributed by atoms with Crippen molar-refractivity contribution < 1.29 is 0 Å². The summed E-state index contributed by atoms with van der Waals surface area (Å²) in [6, 6.07) is 29.5. The molecule has 0 amide bonds. The summed E-state index contributed by atoms with van der Waals surface area (Å²) in [5.74, 6) is 0.475. The molecule has 0 radical (unpaired) electrons. The van der Waals surface area contributed by atoms with Gasteiger partial charge in [-0.15, -0.1) is 0 Å². The van der Waals surface area contributed by atoms with E-state index >= 15 is 0 Å². The fourth-order valence-corrected chi connectivity index (χ4v) is 2.79. The van der Waals surface area contributed by atoms with Gasteiger partial charge in [-0.2, -0.15) is 0 Å². The molecule has 0 aliphatic heterocycles. The maximum Gasteiger partial charge on any atom is 0.137 e. The molecule has 0 spiro atoms. The van der Waals surface area contributed by atoms with Gasteiger partial charge in [0, 0.05) is 18.2 Å². The summed E-state index contributed by atoms with van der Waals surface area (Å²) >= 11 is 0. The molecule has 0 aromatic heterocycles. The van der Waals surface area contributed by atoms with E-state index in [2.05, 4.69) is 98.8 Å². The standard InChI is InChI=1S/C23H21/c1-18(2)21-15-9-10-16-22(21)23(20-13-7-4-8-14-20)17-19-11-5-3-6-12-19/h3-16,18H,1-2H3/q+1. The van der Waals surface area contributed by atoms with Crippen LogP contribution in [0.15, 0.2) is 84.9 Å². The van der Waals surface area contributed by atoms with Crippen molar-refractivity contribution in [2.24, 2.45) is 0 Å². The quantitative estimate of drug-likeness (QED) is 0.403. The van der Waals surface area contributed by atoms with Crippen LogP contribution < -0.4 is 0 Å². The van der Waals surface area contributed by atoms with E-state index in [-0.39, 0.29) is 0 Å². The fraction of sp³-hybridized carbons (Fsp3) is 0.130. The first-order chi connectivity index (χ1) is 11.3. The highest BCUT2D eigenvalue weighted by atomic mass is 14.2. The highest BCUT2D eigenvalue weighted by Gasteiger charge is 2.18. The van der Waals surface area contributed by atoms with Gasteiger partial charge in [-0.25, -0.2) is 0 Å². The molecule has 112 valence electrons. The number of hydrogen-bond acceptors (Lipinski definition) is 0. The monoisotopic (exact) mass is 297 g/mol. The number of rotatable bonds is 4. The highest BCUT2D eigenvalue weighted by molar-refractivity contribution is 5.81. The van der Waals surface area contributed by atoms with Crippen LogP contribution in [0.2, 0.25) is 0 Å². The summed E-state index contributed by atoms with van der Waals surface area (Å²) in [4.78, 5) is 0. The molecule has 0 fully saturated rings. The zero-order valence-electron chi connectivity index (χ0n) is 13.7. The lowest BCUT2D eigenvalue weighted by Gasteiger charge is -2.11. The third-order valence-electron chi connectivity index (χ3n) is 3.96. The first-order valence-electron chi connectivity index (χ1n) is 8.09. The van der Waals surface area contributed by atoms with Gasteiger partial charge in [0.05, 0.1) is 11.1 Å². The van der Waals surface area contributed by atoms with Gasteiger partial charge in [0.25, 0.3) is 0 Å². The topological polar surface area (TPSA) is 0 Å². The second-order valence-corrected chi connectivity index (χ2v) is 5.97. The summed E-state index contributed by atoms with van der Waals surface area (Å²) in [6.45, 7) is 4.48. The molecule has 0 heterocycles. The van der Waals surface area contributed by atoms with Crippen LogP contribution in [0.4, 0.5) is 0 Å². The van der Waals surface area contributed by atoms with E-state index in [4.69, 9.17) is 0 Å². The zero-order valence-corrected chi connectivity index (χ0v) is 13.7. The van der Waals surface area contributed by atoms with Crippen molar-refractivity contribution in [1.29, 1.82) is 0 Å². The number of benzene rings is 3. The van der Waals surface area contributed by atoms with Crippen LogP contribution in [0.25, 0.3) is 5.57 Å². The van der Waals surface area contributed by atoms with E-state index < -0.39 is 0 Å². The van der Waals surface area contributed by atoms with E-state index in [1.54, 1.807) is 0 Å². The van der Waals surface area contributed by atoms with Crippen molar-refractivity contribution in [3.8, 4) is 0 Å². The summed E-state index contributed by atoms with van der Waals surface area (Å²) in [6.07, 6.45) is 3.62. The van der Waals surface area contributed by atoms with Crippen LogP contribution in [-0.4, -0.2) is 0 Å². The minimum atomic E-state index is 0.475. The van der Waals surface area contributed by atoms with Crippen LogP contribution >= 0.6 is 0 Å². The summed E-state index contributed by atoms with van der Waals surface area (Å²) in [7, 11) is 0. The van der Waals surface area contributed by atoms with Crippen LogP contribution in [0.5, 0.6) is 0 Å². The summed E-state index contributed by atoms with van der Waals surface area (Å²) in [5, 5.41) is 0. The van der Waals surface area contributed by atoms with Crippen molar-refractivity contribution in [3.63, 3.8) is 0 Å². The van der Waals surface area contributed by atoms with E-state index in [1.807, 2.05) is 6.07 Å². The largest absolute Gasteiger partial charge is 0.137 e. The third kappa shape index (κ3) is 3.56. The molecule has 0 saturated heterocycles. The Hall–Kier alpha value is -2.69. The van der Waals surface area contributed by atoms with Crippen molar-refractivity contribution >= 4 is 5.57 Å². The molecule has 23 heavy (non-hydrogen) atoms. The fourth-order valence-electron chi connectivity index (χ4n) is 2.79. The minimum Gasteiger partial charge on any atom is -0.0609 e. The van der Waals surface area contributed by atoms with Gasteiger partial charge in [0.2, 0.25) is 0 Å². The van der Waals surface area contributed by atoms with E-state index in [0.717, 1.165) is 11.1 Å². The van der Waals surface area contributed by atoms with Crippen LogP contribution in [0.3, 0.4) is 0 Å². The van der Waals surface area contributed by atoms with Crippen LogP contribution in [-0.2, 0) is 0 Å². The van der Waals surface area contributed by atoms with Crippen molar-refractivity contribution in [2.75, 3.05) is 0 Å². The Bertz CT molecular complexity index is 781. The molecule has 0 N–H and O–H groups in total. The molecule has 3 aromatic carbocycles. The number of hydrogen-bond donors (Lipinski definition) is 0. The van der Waals surface area contributed by atoms with Gasteiger partial charge < -0.3 is 0 Å². The first-order valence-corrected chi connectivity index (χ1v) is 8.09. The molecular formula is C23H21+. The lowest BCUT2D eigenvalue weighted by molar-refractivity contribution is 0.863. The Balaban J connectivity index is 2.20. The molecule has 0 unspecified atom stereocenters. The Morgan fingerprint density at radius 2 is 1.26 bits per heavy atom. The Kier molecular flexibility index (Phi) is 4.66. The second-order valence-electron chi connectivity index (χ2n) is 5.97. The molecular weight excluding hydrogens is 276 g/mol. The third-order valence-corrected chi connectivity index (χ3v) is 3.96. The molecule has 0 aliphatic carbocycles. The lowest BCUT2D eigenvalue weighted by Crippen LogP contribution is -1.98. The summed E-state index contributed by atoms with van der Waals surface area (Å²) in [5.41, 5.74) is 6.07. The molecule has 0 nitrogen and oxygen atoms in total. The van der Waals surface area contributed by atoms with Crippen molar-refractivity contribution in [1.82, 2.24) is 0 Å². The molecule has 0 heteroatoms. The van der Waals surface area contributed by atoms with E-state index in [9.17, 15) is 0 Å². The molecule has 3 rings (SSSR count). The molecule has 3 aromatic rings. The Morgan fingerprint density at radius 3 is 1.91 bits per heavy atom. The average Bonchev–Trinajstić information content (AvgIpc) is 2.61. The van der Waals surface area contributed by atoms with Crippen LogP contribution in [0.1, 0.15) is 42.0 Å².